The van der Waals surface area contributed by atoms with E-state index in [1.165, 1.54) is 0 Å². The van der Waals surface area contributed by atoms with Crippen molar-refractivity contribution in [2.24, 2.45) is 7.05 Å². The second-order valence-corrected chi connectivity index (χ2v) is 2.74. The van der Waals surface area contributed by atoms with Gasteiger partial charge < -0.3 is 0 Å². The van der Waals surface area contributed by atoms with Crippen LogP contribution in [0.2, 0.25) is 0 Å². The van der Waals surface area contributed by atoms with Crippen LogP contribution >= 0.6 is 0 Å². The first-order chi connectivity index (χ1) is 5.68. The van der Waals surface area contributed by atoms with E-state index in [1.54, 1.807) is 13.0 Å². The molecule has 0 spiro atoms. The maximum atomic E-state index is 10.6. The lowest BCUT2D eigenvalue weighted by Crippen LogP contribution is -2.25. The number of aryl methyl sites for hydroxylation is 1. The lowest BCUT2D eigenvalue weighted by Gasteiger charge is -1.89. The third-order valence-corrected chi connectivity index (χ3v) is 1.51. The van der Waals surface area contributed by atoms with Crippen LogP contribution in [0.3, 0.4) is 0 Å². The van der Waals surface area contributed by atoms with Gasteiger partial charge in [0, 0.05) is 12.1 Å². The first-order valence-electron chi connectivity index (χ1n) is 3.82. The molecule has 0 aromatic carbocycles. The highest BCUT2D eigenvalue weighted by Crippen LogP contribution is 1.97. The van der Waals surface area contributed by atoms with Crippen molar-refractivity contribution in [1.29, 1.82) is 0 Å². The van der Waals surface area contributed by atoms with Crippen LogP contribution < -0.4 is 4.57 Å². The Kier molecular flexibility index (Phi) is 2.75. The number of carbonyl (C=O) groups is 1. The fraction of sp³-hybridized carbons (Fsp3) is 0.200. The predicted molar refractivity (Wildman–Crippen MR) is 47.3 cm³/mol. The van der Waals surface area contributed by atoms with Crippen molar-refractivity contribution in [1.82, 2.24) is 0 Å². The van der Waals surface area contributed by atoms with E-state index in [0.29, 0.717) is 0 Å². The van der Waals surface area contributed by atoms with Gasteiger partial charge in [0.05, 0.1) is 0 Å². The molecule has 0 unspecified atom stereocenters. The Labute approximate surface area is 72.2 Å². The molecule has 0 N–H and O–H groups in total. The van der Waals surface area contributed by atoms with Gasteiger partial charge in [-0.05, 0) is 18.6 Å². The molecule has 0 aliphatic heterocycles. The summed E-state index contributed by atoms with van der Waals surface area (Å²) in [6.45, 7) is 1.54. The number of allylic oxidation sites excluding steroid dienone is 1. The van der Waals surface area contributed by atoms with Crippen molar-refractivity contribution < 1.29 is 9.36 Å². The molecular weight excluding hydrogens is 150 g/mol. The van der Waals surface area contributed by atoms with Crippen molar-refractivity contribution in [3.63, 3.8) is 0 Å². The molecule has 0 bridgehead atoms. The first kappa shape index (κ1) is 8.65. The monoisotopic (exact) mass is 162 g/mol. The normalized spacial score (nSPS) is 10.5. The molecule has 0 aliphatic carbocycles. The largest absolute Gasteiger partial charge is 0.295 e. The molecule has 0 saturated heterocycles. The molecule has 2 heteroatoms. The van der Waals surface area contributed by atoms with Gasteiger partial charge in [-0.3, -0.25) is 4.79 Å². The van der Waals surface area contributed by atoms with Gasteiger partial charge in [0.1, 0.15) is 7.05 Å². The summed E-state index contributed by atoms with van der Waals surface area (Å²) in [5.74, 6) is 0.0724. The van der Waals surface area contributed by atoms with Crippen LogP contribution in [-0.2, 0) is 11.8 Å². The topological polar surface area (TPSA) is 20.9 Å². The highest BCUT2D eigenvalue weighted by Gasteiger charge is 1.91. The molecule has 1 aromatic heterocycles. The van der Waals surface area contributed by atoms with Gasteiger partial charge >= 0.3 is 0 Å². The highest BCUT2D eigenvalue weighted by atomic mass is 16.1. The molecular formula is C10H12NO+. The number of ketones is 1. The Hall–Kier alpha value is -1.44. The molecule has 0 amide bonds. The second-order valence-electron chi connectivity index (χ2n) is 2.74. The van der Waals surface area contributed by atoms with E-state index >= 15 is 0 Å². The molecule has 12 heavy (non-hydrogen) atoms. The van der Waals surface area contributed by atoms with E-state index in [2.05, 4.69) is 0 Å². The molecule has 0 fully saturated rings. The van der Waals surface area contributed by atoms with Crippen LogP contribution in [0.5, 0.6) is 0 Å². The summed E-state index contributed by atoms with van der Waals surface area (Å²) in [4.78, 5) is 10.6. The smallest absolute Gasteiger partial charge is 0.169 e. The zero-order valence-electron chi connectivity index (χ0n) is 7.32. The Balaban J connectivity index is 2.77. The third-order valence-electron chi connectivity index (χ3n) is 1.51. The summed E-state index contributed by atoms with van der Waals surface area (Å²) in [7, 11) is 1.96. The van der Waals surface area contributed by atoms with Crippen molar-refractivity contribution in [2.45, 2.75) is 6.92 Å². The van der Waals surface area contributed by atoms with Gasteiger partial charge in [0.25, 0.3) is 0 Å². The molecule has 0 atom stereocenters. The second kappa shape index (κ2) is 3.81. The van der Waals surface area contributed by atoms with Crippen LogP contribution in [-0.4, -0.2) is 5.78 Å². The zero-order chi connectivity index (χ0) is 8.97. The van der Waals surface area contributed by atoms with Crippen molar-refractivity contribution in [2.75, 3.05) is 0 Å². The van der Waals surface area contributed by atoms with Crippen LogP contribution in [0.1, 0.15) is 12.5 Å². The van der Waals surface area contributed by atoms with Crippen LogP contribution in [0.15, 0.2) is 30.6 Å². The number of carbonyl (C=O) groups excluding carboxylic acids is 1. The molecule has 0 aliphatic rings. The minimum atomic E-state index is 0.0724. The SMILES string of the molecule is CC(=O)/C=C\c1cc[n+](C)cc1. The van der Waals surface area contributed by atoms with Gasteiger partial charge in [-0.1, -0.05) is 6.08 Å². The summed E-state index contributed by atoms with van der Waals surface area (Å²) in [5, 5.41) is 0. The number of pyridine rings is 1. The van der Waals surface area contributed by atoms with E-state index in [9.17, 15) is 4.79 Å². The molecule has 1 heterocycles. The zero-order valence-corrected chi connectivity index (χ0v) is 7.32. The summed E-state index contributed by atoms with van der Waals surface area (Å²) in [6, 6.07) is 3.92. The Morgan fingerprint density at radius 2 is 2.00 bits per heavy atom. The van der Waals surface area contributed by atoms with E-state index in [4.69, 9.17) is 0 Å². The van der Waals surface area contributed by atoms with Gasteiger partial charge in [-0.2, -0.15) is 0 Å². The molecule has 0 radical (unpaired) electrons. The van der Waals surface area contributed by atoms with E-state index in [1.807, 2.05) is 42.2 Å². The number of hydrogen-bond donors (Lipinski definition) is 0. The Bertz CT molecular complexity index is 298. The number of aromatic nitrogens is 1. The van der Waals surface area contributed by atoms with Crippen LogP contribution in [0, 0.1) is 0 Å². The molecule has 2 nitrogen and oxygen atoms in total. The Morgan fingerprint density at radius 1 is 1.42 bits per heavy atom. The van der Waals surface area contributed by atoms with Crippen LogP contribution in [0.25, 0.3) is 6.08 Å². The van der Waals surface area contributed by atoms with E-state index in [0.717, 1.165) is 5.56 Å². The van der Waals surface area contributed by atoms with Gasteiger partial charge in [0.15, 0.2) is 18.2 Å². The fourth-order valence-electron chi connectivity index (χ4n) is 0.837. The van der Waals surface area contributed by atoms with Gasteiger partial charge in [-0.25, -0.2) is 4.57 Å². The van der Waals surface area contributed by atoms with Crippen molar-refractivity contribution in [3.8, 4) is 0 Å². The number of nitrogens with zero attached hydrogens (tertiary/aromatic N) is 1. The highest BCUT2D eigenvalue weighted by molar-refractivity contribution is 5.91. The standard InChI is InChI=1S/C10H12NO/c1-9(12)3-4-10-5-7-11(2)8-6-10/h3-8H,1-2H3/q+1/b4-3-. The summed E-state index contributed by atoms with van der Waals surface area (Å²) < 4.78 is 1.95. The average molecular weight is 162 g/mol. The minimum absolute atomic E-state index is 0.0724. The van der Waals surface area contributed by atoms with Gasteiger partial charge in [-0.15, -0.1) is 0 Å². The molecule has 1 rings (SSSR count). The van der Waals surface area contributed by atoms with Gasteiger partial charge in [0.2, 0.25) is 0 Å². The third kappa shape index (κ3) is 2.66. The molecule has 0 saturated carbocycles. The first-order valence-corrected chi connectivity index (χ1v) is 3.82. The summed E-state index contributed by atoms with van der Waals surface area (Å²) >= 11 is 0. The fourth-order valence-corrected chi connectivity index (χ4v) is 0.837. The van der Waals surface area contributed by atoms with Crippen LogP contribution in [0.4, 0.5) is 0 Å². The predicted octanol–water partition coefficient (Wildman–Crippen LogP) is 1.11. The quantitative estimate of drug-likeness (QED) is 0.471. The lowest BCUT2D eigenvalue weighted by molar-refractivity contribution is -0.671. The molecule has 62 valence electrons. The summed E-state index contributed by atoms with van der Waals surface area (Å²) in [6.07, 6.45) is 7.26. The minimum Gasteiger partial charge on any atom is -0.295 e. The lowest BCUT2D eigenvalue weighted by atomic mass is 10.2. The number of rotatable bonds is 2. The van der Waals surface area contributed by atoms with E-state index < -0.39 is 0 Å². The Morgan fingerprint density at radius 3 is 2.50 bits per heavy atom. The average Bonchev–Trinajstić information content (AvgIpc) is 2.03. The van der Waals surface area contributed by atoms with Crippen molar-refractivity contribution in [3.05, 3.63) is 36.2 Å². The maximum absolute atomic E-state index is 10.6. The number of hydrogen-bond acceptors (Lipinski definition) is 1. The van der Waals surface area contributed by atoms with Crippen molar-refractivity contribution >= 4 is 11.9 Å². The summed E-state index contributed by atoms with van der Waals surface area (Å²) in [5.41, 5.74) is 1.04. The maximum Gasteiger partial charge on any atom is 0.169 e. The molecule has 1 aromatic rings. The van der Waals surface area contributed by atoms with E-state index in [-0.39, 0.29) is 5.78 Å².